The third kappa shape index (κ3) is 3.49. The second-order valence-electron chi connectivity index (χ2n) is 2.36. The van der Waals surface area contributed by atoms with Crippen molar-refractivity contribution in [1.29, 1.82) is 0 Å². The Morgan fingerprint density at radius 3 is 1.89 bits per heavy atom. The van der Waals surface area contributed by atoms with E-state index in [1.165, 1.54) is 6.42 Å². The van der Waals surface area contributed by atoms with Gasteiger partial charge in [0, 0.05) is 27.2 Å². The minimum atomic E-state index is 1.09. The van der Waals surface area contributed by atoms with Crippen LogP contribution in [0.5, 0.6) is 0 Å². The molecular formula is C7H18N2. The molecule has 0 heterocycles. The summed E-state index contributed by atoms with van der Waals surface area (Å²) in [5.74, 6) is 0. The number of nitrogens with zero attached hydrogens (tertiary/aromatic N) is 2. The largest absolute Gasteiger partial charge is 0.245 e. The molecule has 0 bridgehead atoms. The molecule has 0 atom stereocenters. The van der Waals surface area contributed by atoms with Crippen LogP contribution in [0, 0.1) is 0 Å². The van der Waals surface area contributed by atoms with Crippen molar-refractivity contribution in [2.24, 2.45) is 0 Å². The van der Waals surface area contributed by atoms with Gasteiger partial charge in [-0.3, -0.25) is 0 Å². The predicted octanol–water partition coefficient (Wildman–Crippen LogP) is 1.19. The zero-order chi connectivity index (χ0) is 7.28. The summed E-state index contributed by atoms with van der Waals surface area (Å²) in [4.78, 5) is 0. The van der Waals surface area contributed by atoms with Crippen molar-refractivity contribution in [2.45, 2.75) is 20.3 Å². The van der Waals surface area contributed by atoms with Gasteiger partial charge in [0.25, 0.3) is 0 Å². The van der Waals surface area contributed by atoms with Crippen molar-refractivity contribution in [2.75, 3.05) is 27.2 Å². The van der Waals surface area contributed by atoms with Gasteiger partial charge in [-0.05, 0) is 6.42 Å². The van der Waals surface area contributed by atoms with Crippen LogP contribution in [-0.4, -0.2) is 37.2 Å². The summed E-state index contributed by atoms with van der Waals surface area (Å²) in [7, 11) is 4.22. The highest BCUT2D eigenvalue weighted by Crippen LogP contribution is 1.90. The van der Waals surface area contributed by atoms with Gasteiger partial charge in [0.15, 0.2) is 0 Å². The normalized spacial score (nSPS) is 11.3. The van der Waals surface area contributed by atoms with Gasteiger partial charge >= 0.3 is 0 Å². The molecule has 9 heavy (non-hydrogen) atoms. The van der Waals surface area contributed by atoms with Gasteiger partial charge in [0.05, 0.1) is 0 Å². The summed E-state index contributed by atoms with van der Waals surface area (Å²) in [5, 5.41) is 4.45. The molecule has 0 aromatic heterocycles. The summed E-state index contributed by atoms with van der Waals surface area (Å²) >= 11 is 0. The van der Waals surface area contributed by atoms with E-state index in [2.05, 4.69) is 38.0 Å². The Hall–Kier alpha value is -0.0800. The van der Waals surface area contributed by atoms with Crippen molar-refractivity contribution in [3.05, 3.63) is 0 Å². The quantitative estimate of drug-likeness (QED) is 0.527. The van der Waals surface area contributed by atoms with Crippen LogP contribution in [-0.2, 0) is 0 Å². The molecular weight excluding hydrogens is 112 g/mol. The first-order valence-electron chi connectivity index (χ1n) is 3.64. The average molecular weight is 130 g/mol. The lowest BCUT2D eigenvalue weighted by atomic mass is 10.5. The number of hydrogen-bond donors (Lipinski definition) is 0. The smallest absolute Gasteiger partial charge is 0.0127 e. The van der Waals surface area contributed by atoms with Gasteiger partial charge in [0.1, 0.15) is 0 Å². The van der Waals surface area contributed by atoms with E-state index >= 15 is 0 Å². The molecule has 0 fully saturated rings. The lowest BCUT2D eigenvalue weighted by Crippen LogP contribution is -2.36. The van der Waals surface area contributed by atoms with Crippen molar-refractivity contribution < 1.29 is 0 Å². The Balaban J connectivity index is 3.32. The van der Waals surface area contributed by atoms with Gasteiger partial charge < -0.3 is 0 Å². The molecule has 0 aromatic carbocycles. The summed E-state index contributed by atoms with van der Waals surface area (Å²) in [6, 6.07) is 0. The van der Waals surface area contributed by atoms with E-state index in [4.69, 9.17) is 0 Å². The van der Waals surface area contributed by atoms with Gasteiger partial charge in [0.2, 0.25) is 0 Å². The van der Waals surface area contributed by atoms with Crippen LogP contribution in [0.15, 0.2) is 0 Å². The topological polar surface area (TPSA) is 6.48 Å². The molecule has 0 unspecified atom stereocenters. The van der Waals surface area contributed by atoms with Gasteiger partial charge in [-0.1, -0.05) is 13.8 Å². The molecule has 0 aliphatic heterocycles. The molecule has 0 aliphatic rings. The zero-order valence-corrected chi connectivity index (χ0v) is 7.02. The third-order valence-corrected chi connectivity index (χ3v) is 1.59. The van der Waals surface area contributed by atoms with Crippen LogP contribution in [0.1, 0.15) is 20.3 Å². The highest BCUT2D eigenvalue weighted by molar-refractivity contribution is 4.42. The summed E-state index contributed by atoms with van der Waals surface area (Å²) in [6.07, 6.45) is 1.22. The van der Waals surface area contributed by atoms with Crippen molar-refractivity contribution in [3.63, 3.8) is 0 Å². The first-order chi connectivity index (χ1) is 4.22. The maximum absolute atomic E-state index is 2.24. The fraction of sp³-hybridized carbons (Fsp3) is 1.00. The first-order valence-corrected chi connectivity index (χ1v) is 3.64. The maximum Gasteiger partial charge on any atom is 0.0127 e. The number of hydrazine groups is 1. The molecule has 0 N–H and O–H groups in total. The van der Waals surface area contributed by atoms with E-state index in [0.717, 1.165) is 13.1 Å². The molecule has 56 valence electrons. The Bertz CT molecular complexity index is 63.9. The molecule has 0 radical (unpaired) electrons. The van der Waals surface area contributed by atoms with Crippen LogP contribution < -0.4 is 0 Å². The molecule has 0 rings (SSSR count). The average Bonchev–Trinajstić information content (AvgIpc) is 1.87. The van der Waals surface area contributed by atoms with Crippen LogP contribution in [0.4, 0.5) is 0 Å². The molecule has 2 nitrogen and oxygen atoms in total. The summed E-state index contributed by atoms with van der Waals surface area (Å²) in [6.45, 7) is 6.60. The second kappa shape index (κ2) is 4.77. The zero-order valence-electron chi connectivity index (χ0n) is 7.02. The highest BCUT2D eigenvalue weighted by atomic mass is 15.6. The summed E-state index contributed by atoms with van der Waals surface area (Å²) < 4.78 is 0. The van der Waals surface area contributed by atoms with Crippen LogP contribution >= 0.6 is 0 Å². The molecule has 0 amide bonds. The van der Waals surface area contributed by atoms with Gasteiger partial charge in [-0.15, -0.1) is 0 Å². The lowest BCUT2D eigenvalue weighted by molar-refractivity contribution is 0.0331. The lowest BCUT2D eigenvalue weighted by Gasteiger charge is -2.26. The maximum atomic E-state index is 2.24. The van der Waals surface area contributed by atoms with E-state index in [1.54, 1.807) is 0 Å². The van der Waals surface area contributed by atoms with Crippen LogP contribution in [0.2, 0.25) is 0 Å². The Morgan fingerprint density at radius 2 is 1.56 bits per heavy atom. The fourth-order valence-electron chi connectivity index (χ4n) is 0.736. The minimum Gasteiger partial charge on any atom is -0.245 e. The molecule has 0 aromatic rings. The molecule has 0 saturated heterocycles. The second-order valence-corrected chi connectivity index (χ2v) is 2.36. The predicted molar refractivity (Wildman–Crippen MR) is 41.2 cm³/mol. The Kier molecular flexibility index (Phi) is 4.72. The molecule has 0 saturated carbocycles. The van der Waals surface area contributed by atoms with E-state index < -0.39 is 0 Å². The van der Waals surface area contributed by atoms with E-state index in [0.29, 0.717) is 0 Å². The fourth-order valence-corrected chi connectivity index (χ4v) is 0.736. The molecule has 0 aliphatic carbocycles. The SMILES string of the molecule is CCCN(C)N(C)CC. The van der Waals surface area contributed by atoms with Gasteiger partial charge in [-0.25, -0.2) is 10.0 Å². The van der Waals surface area contributed by atoms with E-state index in [-0.39, 0.29) is 0 Å². The first kappa shape index (κ1) is 8.92. The highest BCUT2D eigenvalue weighted by Gasteiger charge is 1.98. The van der Waals surface area contributed by atoms with E-state index in [9.17, 15) is 0 Å². The standard InChI is InChI=1S/C7H18N2/c1-5-7-9(4)8(3)6-2/h5-7H2,1-4H3. The van der Waals surface area contributed by atoms with Crippen LogP contribution in [0.25, 0.3) is 0 Å². The Morgan fingerprint density at radius 1 is 1.00 bits per heavy atom. The van der Waals surface area contributed by atoms with E-state index in [1.807, 2.05) is 0 Å². The number of rotatable bonds is 4. The minimum absolute atomic E-state index is 1.09. The van der Waals surface area contributed by atoms with Crippen molar-refractivity contribution in [3.8, 4) is 0 Å². The van der Waals surface area contributed by atoms with Crippen molar-refractivity contribution >= 4 is 0 Å². The number of hydrogen-bond acceptors (Lipinski definition) is 2. The third-order valence-electron chi connectivity index (χ3n) is 1.59. The van der Waals surface area contributed by atoms with Crippen LogP contribution in [0.3, 0.4) is 0 Å². The molecule has 2 heteroatoms. The van der Waals surface area contributed by atoms with Gasteiger partial charge in [-0.2, -0.15) is 0 Å². The molecule has 0 spiro atoms. The Labute approximate surface area is 58.4 Å². The summed E-state index contributed by atoms with van der Waals surface area (Å²) in [5.41, 5.74) is 0. The van der Waals surface area contributed by atoms with Crippen molar-refractivity contribution in [1.82, 2.24) is 10.0 Å². The monoisotopic (exact) mass is 130 g/mol.